The van der Waals surface area contributed by atoms with Crippen molar-refractivity contribution in [1.29, 1.82) is 0 Å². The number of hydrogen-bond donors (Lipinski definition) is 1. The van der Waals surface area contributed by atoms with Crippen LogP contribution in [0.1, 0.15) is 18.5 Å². The fraction of sp³-hybridized carbons (Fsp3) is 0.500. The average Bonchev–Trinajstić information content (AvgIpc) is 2.30. The monoisotopic (exact) mass is 315 g/mol. The second kappa shape index (κ2) is 7.33. The van der Waals surface area contributed by atoms with E-state index in [9.17, 15) is 13.2 Å². The Labute approximate surface area is 119 Å². The van der Waals surface area contributed by atoms with E-state index < -0.39 is 12.8 Å². The van der Waals surface area contributed by atoms with Gasteiger partial charge in [-0.05, 0) is 24.6 Å². The largest absolute Gasteiger partial charge is 0.411 e. The first-order valence-electron chi connectivity index (χ1n) is 5.62. The van der Waals surface area contributed by atoms with Crippen molar-refractivity contribution >= 4 is 23.2 Å². The summed E-state index contributed by atoms with van der Waals surface area (Å²) < 4.78 is 39.9. The van der Waals surface area contributed by atoms with E-state index in [1.54, 1.807) is 12.1 Å². The first kappa shape index (κ1) is 16.6. The minimum absolute atomic E-state index is 0.00876. The van der Waals surface area contributed by atoms with Crippen LogP contribution in [0.2, 0.25) is 10.0 Å². The molecule has 1 N–H and O–H groups in total. The van der Waals surface area contributed by atoms with Crippen molar-refractivity contribution in [2.75, 3.05) is 19.8 Å². The minimum Gasteiger partial charge on any atom is -0.371 e. The van der Waals surface area contributed by atoms with E-state index in [-0.39, 0.29) is 12.6 Å². The molecule has 0 aromatic heterocycles. The van der Waals surface area contributed by atoms with Gasteiger partial charge in [-0.25, -0.2) is 0 Å². The molecular formula is C12H14Cl2F3NO. The summed E-state index contributed by atoms with van der Waals surface area (Å²) in [7, 11) is 0. The molecule has 0 radical (unpaired) electrons. The van der Waals surface area contributed by atoms with Crippen LogP contribution in [-0.2, 0) is 4.74 Å². The predicted octanol–water partition coefficient (Wildman–Crippen LogP) is 4.22. The van der Waals surface area contributed by atoms with Gasteiger partial charge in [0.05, 0.1) is 16.7 Å². The lowest BCUT2D eigenvalue weighted by molar-refractivity contribution is -0.173. The van der Waals surface area contributed by atoms with Gasteiger partial charge in [0.2, 0.25) is 0 Å². The third-order valence-corrected chi connectivity index (χ3v) is 3.15. The highest BCUT2D eigenvalue weighted by molar-refractivity contribution is 6.42. The summed E-state index contributed by atoms with van der Waals surface area (Å²) >= 11 is 11.7. The lowest BCUT2D eigenvalue weighted by Crippen LogP contribution is -2.26. The van der Waals surface area contributed by atoms with E-state index in [1.807, 2.05) is 13.0 Å². The Hall–Kier alpha value is -0.490. The van der Waals surface area contributed by atoms with Gasteiger partial charge in [-0.15, -0.1) is 0 Å². The lowest BCUT2D eigenvalue weighted by Gasteiger charge is -2.15. The van der Waals surface area contributed by atoms with Crippen LogP contribution in [0.4, 0.5) is 13.2 Å². The summed E-state index contributed by atoms with van der Waals surface area (Å²) in [4.78, 5) is 0. The van der Waals surface area contributed by atoms with Crippen LogP contribution in [-0.4, -0.2) is 25.9 Å². The van der Waals surface area contributed by atoms with Gasteiger partial charge in [0.25, 0.3) is 0 Å². The highest BCUT2D eigenvalue weighted by Gasteiger charge is 2.27. The van der Waals surface area contributed by atoms with Crippen LogP contribution in [0.25, 0.3) is 0 Å². The predicted molar refractivity (Wildman–Crippen MR) is 69.8 cm³/mol. The molecule has 0 saturated heterocycles. The summed E-state index contributed by atoms with van der Waals surface area (Å²) in [6.07, 6.45) is -4.28. The van der Waals surface area contributed by atoms with Crippen LogP contribution in [0.15, 0.2) is 18.2 Å². The Kier molecular flexibility index (Phi) is 6.39. The molecule has 0 aliphatic rings. The van der Waals surface area contributed by atoms with E-state index in [2.05, 4.69) is 10.1 Å². The molecule has 7 heteroatoms. The Morgan fingerprint density at radius 2 is 1.95 bits per heavy atom. The molecular weight excluding hydrogens is 302 g/mol. The van der Waals surface area contributed by atoms with Crippen LogP contribution in [0, 0.1) is 0 Å². The third kappa shape index (κ3) is 6.47. The first-order valence-corrected chi connectivity index (χ1v) is 6.38. The van der Waals surface area contributed by atoms with Gasteiger partial charge in [0.1, 0.15) is 6.61 Å². The Balaban J connectivity index is 2.31. The van der Waals surface area contributed by atoms with E-state index in [1.165, 1.54) is 0 Å². The molecule has 2 nitrogen and oxygen atoms in total. The Morgan fingerprint density at radius 3 is 2.53 bits per heavy atom. The molecule has 108 valence electrons. The SMILES string of the molecule is CC(NCCOCC(F)(F)F)c1ccc(Cl)c(Cl)c1. The molecule has 19 heavy (non-hydrogen) atoms. The third-order valence-electron chi connectivity index (χ3n) is 2.41. The zero-order chi connectivity index (χ0) is 14.5. The number of hydrogen-bond acceptors (Lipinski definition) is 2. The van der Waals surface area contributed by atoms with Gasteiger partial charge in [-0.3, -0.25) is 0 Å². The minimum atomic E-state index is -4.28. The molecule has 0 saturated carbocycles. The fourth-order valence-corrected chi connectivity index (χ4v) is 1.74. The first-order chi connectivity index (χ1) is 8.79. The van der Waals surface area contributed by atoms with Gasteiger partial charge < -0.3 is 10.1 Å². The van der Waals surface area contributed by atoms with Crippen molar-refractivity contribution in [2.24, 2.45) is 0 Å². The highest BCUT2D eigenvalue weighted by Crippen LogP contribution is 2.25. The van der Waals surface area contributed by atoms with Gasteiger partial charge in [-0.1, -0.05) is 29.3 Å². The van der Waals surface area contributed by atoms with Crippen molar-refractivity contribution in [1.82, 2.24) is 5.32 Å². The second-order valence-electron chi connectivity index (χ2n) is 4.02. The van der Waals surface area contributed by atoms with Gasteiger partial charge in [0, 0.05) is 12.6 Å². The van der Waals surface area contributed by atoms with Crippen molar-refractivity contribution in [3.63, 3.8) is 0 Å². The molecule has 0 aliphatic heterocycles. The zero-order valence-electron chi connectivity index (χ0n) is 10.2. The Morgan fingerprint density at radius 1 is 1.26 bits per heavy atom. The number of benzene rings is 1. The van der Waals surface area contributed by atoms with E-state index in [4.69, 9.17) is 23.2 Å². The Bertz CT molecular complexity index is 412. The van der Waals surface area contributed by atoms with E-state index in [0.717, 1.165) is 5.56 Å². The average molecular weight is 316 g/mol. The number of ether oxygens (including phenoxy) is 1. The normalized spacial score (nSPS) is 13.6. The molecule has 1 rings (SSSR count). The van der Waals surface area contributed by atoms with Gasteiger partial charge >= 0.3 is 6.18 Å². The van der Waals surface area contributed by atoms with Crippen molar-refractivity contribution in [3.05, 3.63) is 33.8 Å². The van der Waals surface area contributed by atoms with Crippen molar-refractivity contribution < 1.29 is 17.9 Å². The molecule has 0 amide bonds. The van der Waals surface area contributed by atoms with Crippen LogP contribution in [0.3, 0.4) is 0 Å². The van der Waals surface area contributed by atoms with E-state index >= 15 is 0 Å². The summed E-state index contributed by atoms with van der Waals surface area (Å²) in [5, 5.41) is 3.95. The maximum Gasteiger partial charge on any atom is 0.411 e. The number of halogens is 5. The topological polar surface area (TPSA) is 21.3 Å². The maximum atomic E-state index is 11.8. The smallest absolute Gasteiger partial charge is 0.371 e. The molecule has 1 aromatic carbocycles. The number of nitrogens with one attached hydrogen (secondary N) is 1. The van der Waals surface area contributed by atoms with Gasteiger partial charge in [0.15, 0.2) is 0 Å². The molecule has 1 unspecified atom stereocenters. The van der Waals surface area contributed by atoms with Crippen molar-refractivity contribution in [2.45, 2.75) is 19.1 Å². The molecule has 1 atom stereocenters. The van der Waals surface area contributed by atoms with E-state index in [0.29, 0.717) is 16.6 Å². The zero-order valence-corrected chi connectivity index (χ0v) is 11.7. The summed E-state index contributed by atoms with van der Waals surface area (Å²) in [5.74, 6) is 0. The summed E-state index contributed by atoms with van der Waals surface area (Å²) in [6, 6.07) is 5.15. The van der Waals surface area contributed by atoms with Crippen LogP contribution < -0.4 is 5.32 Å². The summed E-state index contributed by atoms with van der Waals surface area (Å²) in [5.41, 5.74) is 0.908. The molecule has 1 aromatic rings. The lowest BCUT2D eigenvalue weighted by atomic mass is 10.1. The molecule has 0 spiro atoms. The fourth-order valence-electron chi connectivity index (χ4n) is 1.44. The number of alkyl halides is 3. The quantitative estimate of drug-likeness (QED) is 0.793. The second-order valence-corrected chi connectivity index (χ2v) is 4.83. The maximum absolute atomic E-state index is 11.8. The summed E-state index contributed by atoms with van der Waals surface area (Å²) in [6.45, 7) is 0.960. The number of rotatable bonds is 6. The molecule has 0 bridgehead atoms. The van der Waals surface area contributed by atoms with Crippen LogP contribution >= 0.6 is 23.2 Å². The van der Waals surface area contributed by atoms with Crippen LogP contribution in [0.5, 0.6) is 0 Å². The van der Waals surface area contributed by atoms with Crippen molar-refractivity contribution in [3.8, 4) is 0 Å². The molecule has 0 heterocycles. The molecule has 0 aliphatic carbocycles. The van der Waals surface area contributed by atoms with Gasteiger partial charge in [-0.2, -0.15) is 13.2 Å². The standard InChI is InChI=1S/C12H14Cl2F3NO/c1-8(9-2-3-10(13)11(14)6-9)18-4-5-19-7-12(15,16)17/h2-3,6,8,18H,4-5,7H2,1H3. The highest BCUT2D eigenvalue weighted by atomic mass is 35.5. The molecule has 0 fully saturated rings.